The van der Waals surface area contributed by atoms with E-state index in [0.29, 0.717) is 13.0 Å². The summed E-state index contributed by atoms with van der Waals surface area (Å²) in [6.07, 6.45) is 0.337. The van der Waals surface area contributed by atoms with Crippen LogP contribution in [-0.4, -0.2) is 56.2 Å². The van der Waals surface area contributed by atoms with Crippen LogP contribution in [0.5, 0.6) is 0 Å². The molecule has 1 aliphatic rings. The van der Waals surface area contributed by atoms with Crippen LogP contribution in [0.25, 0.3) is 0 Å². The lowest BCUT2D eigenvalue weighted by molar-refractivity contribution is -0.110. The van der Waals surface area contributed by atoms with E-state index < -0.39 is 0 Å². The molecule has 5 nitrogen and oxygen atoms in total. The Morgan fingerprint density at radius 1 is 1.18 bits per heavy atom. The van der Waals surface area contributed by atoms with Gasteiger partial charge in [-0.05, 0) is 0 Å². The third kappa shape index (κ3) is 4.60. The second-order valence-electron chi connectivity index (χ2n) is 4.17. The fraction of sp³-hybridized carbons (Fsp3) is 1.00. The first kappa shape index (κ1) is 15.6. The van der Waals surface area contributed by atoms with Gasteiger partial charge in [0.1, 0.15) is 13.6 Å². The van der Waals surface area contributed by atoms with Crippen molar-refractivity contribution in [3.63, 3.8) is 0 Å². The zero-order chi connectivity index (χ0) is 12.7. The number of rotatable bonds is 8. The van der Waals surface area contributed by atoms with Crippen molar-refractivity contribution in [2.24, 2.45) is 11.8 Å². The summed E-state index contributed by atoms with van der Waals surface area (Å²) in [5, 5.41) is 9.97. The number of aliphatic hydroxyl groups is 1. The highest BCUT2D eigenvalue weighted by atomic mass is 127. The summed E-state index contributed by atoms with van der Waals surface area (Å²) in [6.45, 7) is 1.08. The molecule has 0 heterocycles. The molecule has 0 bridgehead atoms. The second-order valence-corrected chi connectivity index (χ2v) is 5.05. The Morgan fingerprint density at radius 3 is 2.47 bits per heavy atom. The van der Waals surface area contributed by atoms with Crippen LogP contribution < -0.4 is 0 Å². The van der Waals surface area contributed by atoms with E-state index >= 15 is 0 Å². The summed E-state index contributed by atoms with van der Waals surface area (Å²) in [5.41, 5.74) is 0. The average molecular weight is 360 g/mol. The van der Waals surface area contributed by atoms with Crippen LogP contribution in [0, 0.1) is 11.8 Å². The number of hydrogen-bond acceptors (Lipinski definition) is 5. The van der Waals surface area contributed by atoms with Gasteiger partial charge in [-0.15, -0.1) is 0 Å². The zero-order valence-corrected chi connectivity index (χ0v) is 12.5. The van der Waals surface area contributed by atoms with E-state index in [1.807, 2.05) is 0 Å². The van der Waals surface area contributed by atoms with Crippen molar-refractivity contribution >= 4 is 22.6 Å². The molecule has 1 N–H and O–H groups in total. The summed E-state index contributed by atoms with van der Waals surface area (Å²) in [7, 11) is 3.19. The molecule has 17 heavy (non-hydrogen) atoms. The van der Waals surface area contributed by atoms with Crippen molar-refractivity contribution in [1.29, 1.82) is 0 Å². The van der Waals surface area contributed by atoms with E-state index in [1.165, 1.54) is 0 Å². The van der Waals surface area contributed by atoms with Gasteiger partial charge in [-0.2, -0.15) is 0 Å². The van der Waals surface area contributed by atoms with Crippen molar-refractivity contribution in [2.45, 2.75) is 18.6 Å². The lowest BCUT2D eigenvalue weighted by Crippen LogP contribution is -2.30. The van der Waals surface area contributed by atoms with Crippen molar-refractivity contribution in [1.82, 2.24) is 0 Å². The molecule has 1 fully saturated rings. The van der Waals surface area contributed by atoms with Crippen LogP contribution in [0.1, 0.15) is 6.42 Å². The van der Waals surface area contributed by atoms with E-state index in [0.717, 1.165) is 4.43 Å². The molecule has 0 spiro atoms. The van der Waals surface area contributed by atoms with Crippen LogP contribution in [0.15, 0.2) is 0 Å². The molecule has 0 radical (unpaired) electrons. The number of ether oxygens (including phenoxy) is 4. The lowest BCUT2D eigenvalue weighted by atomic mass is 9.96. The van der Waals surface area contributed by atoms with E-state index in [-0.39, 0.29) is 37.6 Å². The Kier molecular flexibility index (Phi) is 7.89. The maximum atomic E-state index is 9.97. The standard InChI is InChI=1S/C11H21IO5/c1-14-6-16-5-9-8(4-12)10(13)3-11(9)17-7-15-2/h8-11,13H,3-7H2,1-2H3/t8-,9?,10+,11-/m0/s1. The minimum atomic E-state index is -0.315. The van der Waals surface area contributed by atoms with Gasteiger partial charge in [-0.3, -0.25) is 0 Å². The Hall–Kier alpha value is 0.530. The molecule has 0 aromatic carbocycles. The number of alkyl halides is 1. The normalized spacial score (nSPS) is 33.2. The van der Waals surface area contributed by atoms with Gasteiger partial charge in [0.15, 0.2) is 0 Å². The van der Waals surface area contributed by atoms with Gasteiger partial charge < -0.3 is 24.1 Å². The van der Waals surface area contributed by atoms with Crippen LogP contribution in [0.4, 0.5) is 0 Å². The summed E-state index contributed by atoms with van der Waals surface area (Å²) in [6, 6.07) is 0. The highest BCUT2D eigenvalue weighted by Crippen LogP contribution is 2.36. The van der Waals surface area contributed by atoms with Gasteiger partial charge in [0.05, 0.1) is 18.8 Å². The van der Waals surface area contributed by atoms with Crippen molar-refractivity contribution in [3.05, 3.63) is 0 Å². The van der Waals surface area contributed by atoms with E-state index in [1.54, 1.807) is 14.2 Å². The maximum Gasteiger partial charge on any atom is 0.146 e. The molecular formula is C11H21IO5. The molecular weight excluding hydrogens is 339 g/mol. The topological polar surface area (TPSA) is 57.2 Å². The van der Waals surface area contributed by atoms with Gasteiger partial charge in [-0.1, -0.05) is 22.6 Å². The summed E-state index contributed by atoms with van der Waals surface area (Å²) < 4.78 is 21.7. The molecule has 0 aromatic rings. The smallest absolute Gasteiger partial charge is 0.146 e. The highest BCUT2D eigenvalue weighted by Gasteiger charge is 2.42. The molecule has 1 saturated carbocycles. The van der Waals surface area contributed by atoms with Crippen LogP contribution in [0.2, 0.25) is 0 Å². The third-order valence-corrected chi connectivity index (χ3v) is 4.10. The molecule has 6 heteroatoms. The summed E-state index contributed by atoms with van der Waals surface area (Å²) in [4.78, 5) is 0. The maximum absolute atomic E-state index is 9.97. The number of hydrogen-bond donors (Lipinski definition) is 1. The van der Waals surface area contributed by atoms with Crippen LogP contribution in [0.3, 0.4) is 0 Å². The minimum Gasteiger partial charge on any atom is -0.393 e. The summed E-state index contributed by atoms with van der Waals surface area (Å²) >= 11 is 2.30. The van der Waals surface area contributed by atoms with Gasteiger partial charge in [0.2, 0.25) is 0 Å². The average Bonchev–Trinajstić information content (AvgIpc) is 2.63. The monoisotopic (exact) mass is 360 g/mol. The van der Waals surface area contributed by atoms with E-state index in [9.17, 15) is 5.11 Å². The minimum absolute atomic E-state index is 0.00146. The van der Waals surface area contributed by atoms with Gasteiger partial charge in [0.25, 0.3) is 0 Å². The van der Waals surface area contributed by atoms with Gasteiger partial charge >= 0.3 is 0 Å². The molecule has 102 valence electrons. The van der Waals surface area contributed by atoms with Crippen LogP contribution >= 0.6 is 22.6 Å². The fourth-order valence-corrected chi connectivity index (χ4v) is 3.45. The SMILES string of the molecule is COCOCC1[C@@H](OCOC)C[C@@H](O)[C@H]1CI. The first-order chi connectivity index (χ1) is 8.24. The molecule has 1 rings (SSSR count). The van der Waals surface area contributed by atoms with Crippen molar-refractivity contribution < 1.29 is 24.1 Å². The molecule has 1 unspecified atom stereocenters. The Morgan fingerprint density at radius 2 is 1.88 bits per heavy atom. The van der Waals surface area contributed by atoms with Crippen LogP contribution in [-0.2, 0) is 18.9 Å². The molecule has 0 amide bonds. The molecule has 0 aliphatic heterocycles. The molecule has 1 aliphatic carbocycles. The largest absolute Gasteiger partial charge is 0.393 e. The highest BCUT2D eigenvalue weighted by molar-refractivity contribution is 14.1. The first-order valence-electron chi connectivity index (χ1n) is 5.65. The molecule has 0 aromatic heterocycles. The molecule has 4 atom stereocenters. The third-order valence-electron chi connectivity index (χ3n) is 3.09. The van der Waals surface area contributed by atoms with E-state index in [2.05, 4.69) is 22.6 Å². The predicted molar refractivity (Wildman–Crippen MR) is 71.1 cm³/mol. The fourth-order valence-electron chi connectivity index (χ4n) is 2.21. The second kappa shape index (κ2) is 8.60. The van der Waals surface area contributed by atoms with Crippen molar-refractivity contribution in [3.8, 4) is 0 Å². The van der Waals surface area contributed by atoms with E-state index in [4.69, 9.17) is 18.9 Å². The number of aliphatic hydroxyl groups excluding tert-OH is 1. The Labute approximate surface area is 116 Å². The van der Waals surface area contributed by atoms with Gasteiger partial charge in [0, 0.05) is 36.9 Å². The summed E-state index contributed by atoms with van der Waals surface area (Å²) in [5.74, 6) is 0.418. The predicted octanol–water partition coefficient (Wildman–Crippen LogP) is 1.03. The number of methoxy groups -OCH3 is 2. The Bertz CT molecular complexity index is 204. The van der Waals surface area contributed by atoms with Gasteiger partial charge in [-0.25, -0.2) is 0 Å². The molecule has 0 saturated heterocycles. The first-order valence-corrected chi connectivity index (χ1v) is 7.18. The quantitative estimate of drug-likeness (QED) is 0.303. The van der Waals surface area contributed by atoms with Crippen molar-refractivity contribution in [2.75, 3.05) is 38.8 Å². The zero-order valence-electron chi connectivity index (χ0n) is 10.3. The lowest BCUT2D eigenvalue weighted by Gasteiger charge is -2.23. The Balaban J connectivity index is 2.49. The number of halogens is 1.